The Morgan fingerprint density at radius 1 is 1.71 bits per heavy atom. The first-order valence-corrected chi connectivity index (χ1v) is 5.35. The summed E-state index contributed by atoms with van der Waals surface area (Å²) in [6, 6.07) is 1.84. The van der Waals surface area contributed by atoms with Crippen LogP contribution in [0.3, 0.4) is 0 Å². The maximum absolute atomic E-state index is 11.0. The van der Waals surface area contributed by atoms with Gasteiger partial charge in [-0.05, 0) is 22.4 Å². The van der Waals surface area contributed by atoms with Gasteiger partial charge in [0.05, 0.1) is 6.10 Å². The highest BCUT2D eigenvalue weighted by atomic mass is 32.1. The van der Waals surface area contributed by atoms with Gasteiger partial charge in [0.2, 0.25) is 5.91 Å². The topological polar surface area (TPSA) is 75.4 Å². The van der Waals surface area contributed by atoms with Gasteiger partial charge >= 0.3 is 0 Å². The predicted octanol–water partition coefficient (Wildman–Crippen LogP) is 0.247. The fourth-order valence-electron chi connectivity index (χ4n) is 1.01. The van der Waals surface area contributed by atoms with Gasteiger partial charge in [0.1, 0.15) is 0 Å². The number of carbonyl (C=O) groups excluding carboxylic acids is 1. The highest BCUT2D eigenvalue weighted by Gasteiger charge is 2.08. The minimum atomic E-state index is -0.622. The Balaban J connectivity index is 2.28. The molecule has 0 saturated heterocycles. The van der Waals surface area contributed by atoms with Gasteiger partial charge in [-0.1, -0.05) is 0 Å². The molecule has 1 atom stereocenters. The van der Waals surface area contributed by atoms with E-state index in [1.165, 1.54) is 11.3 Å². The third kappa shape index (κ3) is 3.45. The van der Waals surface area contributed by atoms with Crippen molar-refractivity contribution in [2.24, 2.45) is 5.73 Å². The van der Waals surface area contributed by atoms with E-state index < -0.39 is 6.10 Å². The van der Waals surface area contributed by atoms with Crippen molar-refractivity contribution >= 4 is 17.2 Å². The molecule has 1 aromatic rings. The van der Waals surface area contributed by atoms with Crippen molar-refractivity contribution < 1.29 is 9.90 Å². The van der Waals surface area contributed by atoms with Crippen molar-refractivity contribution in [3.63, 3.8) is 0 Å². The molecular formula is C9H14N2O2S. The quantitative estimate of drug-likeness (QED) is 0.657. The van der Waals surface area contributed by atoms with Gasteiger partial charge in [-0.2, -0.15) is 11.3 Å². The van der Waals surface area contributed by atoms with Gasteiger partial charge in [-0.15, -0.1) is 0 Å². The van der Waals surface area contributed by atoms with Crippen molar-refractivity contribution in [3.05, 3.63) is 22.4 Å². The molecule has 0 radical (unpaired) electrons. The van der Waals surface area contributed by atoms with Crippen LogP contribution in [0.25, 0.3) is 0 Å². The largest absolute Gasteiger partial charge is 0.387 e. The van der Waals surface area contributed by atoms with Crippen LogP contribution in [0.2, 0.25) is 0 Å². The summed E-state index contributed by atoms with van der Waals surface area (Å²) in [4.78, 5) is 11.0. The van der Waals surface area contributed by atoms with E-state index in [0.29, 0.717) is 13.0 Å². The third-order valence-corrected chi connectivity index (χ3v) is 2.49. The Morgan fingerprint density at radius 3 is 3.07 bits per heavy atom. The van der Waals surface area contributed by atoms with Gasteiger partial charge in [-0.3, -0.25) is 4.79 Å². The van der Waals surface area contributed by atoms with E-state index in [1.807, 2.05) is 16.8 Å². The summed E-state index contributed by atoms with van der Waals surface area (Å²) in [5.41, 5.74) is 6.04. The van der Waals surface area contributed by atoms with Gasteiger partial charge in [0, 0.05) is 19.5 Å². The first-order chi connectivity index (χ1) is 6.74. The molecule has 0 fully saturated rings. The monoisotopic (exact) mass is 214 g/mol. The van der Waals surface area contributed by atoms with Crippen LogP contribution in [0.4, 0.5) is 0 Å². The summed E-state index contributed by atoms with van der Waals surface area (Å²) in [5, 5.41) is 15.9. The van der Waals surface area contributed by atoms with Gasteiger partial charge in [0.15, 0.2) is 0 Å². The maximum Gasteiger partial charge on any atom is 0.221 e. The van der Waals surface area contributed by atoms with E-state index in [0.717, 1.165) is 5.56 Å². The second-order valence-corrected chi connectivity index (χ2v) is 3.70. The minimum absolute atomic E-state index is 0.123. The Hall–Kier alpha value is -0.910. The van der Waals surface area contributed by atoms with Crippen molar-refractivity contribution in [3.8, 4) is 0 Å². The Bertz CT molecular complexity index is 274. The zero-order chi connectivity index (χ0) is 10.4. The maximum atomic E-state index is 11.0. The fraction of sp³-hybridized carbons (Fsp3) is 0.444. The highest BCUT2D eigenvalue weighted by Crippen LogP contribution is 2.14. The molecule has 0 aliphatic carbocycles. The number of nitrogens with two attached hydrogens (primary N) is 1. The minimum Gasteiger partial charge on any atom is -0.387 e. The second kappa shape index (κ2) is 5.74. The molecule has 78 valence electrons. The van der Waals surface area contributed by atoms with Gasteiger partial charge in [-0.25, -0.2) is 0 Å². The van der Waals surface area contributed by atoms with E-state index in [4.69, 9.17) is 5.73 Å². The number of rotatable bonds is 5. The van der Waals surface area contributed by atoms with Crippen molar-refractivity contribution in [2.75, 3.05) is 13.1 Å². The van der Waals surface area contributed by atoms with Crippen molar-refractivity contribution in [1.82, 2.24) is 5.32 Å². The zero-order valence-corrected chi connectivity index (χ0v) is 8.59. The lowest BCUT2D eigenvalue weighted by Gasteiger charge is -2.09. The first kappa shape index (κ1) is 11.2. The lowest BCUT2D eigenvalue weighted by atomic mass is 10.2. The van der Waals surface area contributed by atoms with Crippen LogP contribution in [-0.4, -0.2) is 24.1 Å². The number of thiophene rings is 1. The van der Waals surface area contributed by atoms with Crippen LogP contribution in [0.1, 0.15) is 18.1 Å². The lowest BCUT2D eigenvalue weighted by Crippen LogP contribution is -2.29. The Morgan fingerprint density at radius 2 is 2.50 bits per heavy atom. The average Bonchev–Trinajstić information content (AvgIpc) is 2.67. The van der Waals surface area contributed by atoms with E-state index in [1.54, 1.807) is 0 Å². The van der Waals surface area contributed by atoms with E-state index in [-0.39, 0.29) is 12.5 Å². The average molecular weight is 214 g/mol. The van der Waals surface area contributed by atoms with Gasteiger partial charge < -0.3 is 16.2 Å². The molecule has 0 aliphatic rings. The predicted molar refractivity (Wildman–Crippen MR) is 56.0 cm³/mol. The van der Waals surface area contributed by atoms with Crippen LogP contribution in [0.15, 0.2) is 16.8 Å². The Labute approximate surface area is 86.7 Å². The summed E-state index contributed by atoms with van der Waals surface area (Å²) in [6.45, 7) is 0.579. The smallest absolute Gasteiger partial charge is 0.221 e. The molecule has 4 nitrogen and oxygen atoms in total. The number of nitrogens with one attached hydrogen (secondary N) is 1. The summed E-state index contributed by atoms with van der Waals surface area (Å²) >= 11 is 1.52. The number of amides is 1. The Kier molecular flexibility index (Phi) is 4.58. The molecule has 1 aromatic heterocycles. The molecule has 0 aromatic carbocycles. The lowest BCUT2D eigenvalue weighted by molar-refractivity contribution is -0.121. The summed E-state index contributed by atoms with van der Waals surface area (Å²) < 4.78 is 0. The van der Waals surface area contributed by atoms with Crippen LogP contribution in [0, 0.1) is 0 Å². The number of hydrogen-bond acceptors (Lipinski definition) is 4. The molecule has 1 rings (SSSR count). The fourth-order valence-corrected chi connectivity index (χ4v) is 1.72. The number of aliphatic hydroxyl groups is 1. The normalized spacial score (nSPS) is 12.4. The highest BCUT2D eigenvalue weighted by molar-refractivity contribution is 7.07. The molecule has 1 amide bonds. The van der Waals surface area contributed by atoms with E-state index in [9.17, 15) is 9.90 Å². The molecule has 1 heterocycles. The molecular weight excluding hydrogens is 200 g/mol. The molecule has 0 aliphatic heterocycles. The van der Waals surface area contributed by atoms with Crippen LogP contribution in [-0.2, 0) is 4.79 Å². The standard InChI is InChI=1S/C9H14N2O2S/c10-3-1-9(13)11-5-8(12)7-2-4-14-6-7/h2,4,6,8,12H,1,3,5,10H2,(H,11,13). The molecule has 0 saturated carbocycles. The summed E-state index contributed by atoms with van der Waals surface area (Å²) in [7, 11) is 0. The molecule has 0 spiro atoms. The SMILES string of the molecule is NCCC(=O)NCC(O)c1ccsc1. The van der Waals surface area contributed by atoms with Gasteiger partial charge in [0.25, 0.3) is 0 Å². The van der Waals surface area contributed by atoms with E-state index in [2.05, 4.69) is 5.32 Å². The third-order valence-electron chi connectivity index (χ3n) is 1.79. The zero-order valence-electron chi connectivity index (χ0n) is 7.77. The number of hydrogen-bond donors (Lipinski definition) is 3. The first-order valence-electron chi connectivity index (χ1n) is 4.41. The summed E-state index contributed by atoms with van der Waals surface area (Å²) in [5.74, 6) is -0.123. The van der Waals surface area contributed by atoms with Crippen LogP contribution >= 0.6 is 11.3 Å². The number of aliphatic hydroxyl groups excluding tert-OH is 1. The van der Waals surface area contributed by atoms with Crippen LogP contribution in [0.5, 0.6) is 0 Å². The van der Waals surface area contributed by atoms with Crippen LogP contribution < -0.4 is 11.1 Å². The molecule has 4 N–H and O–H groups in total. The van der Waals surface area contributed by atoms with Crippen molar-refractivity contribution in [2.45, 2.75) is 12.5 Å². The summed E-state index contributed by atoms with van der Waals surface area (Å²) in [6.07, 6.45) is -0.320. The second-order valence-electron chi connectivity index (χ2n) is 2.92. The molecule has 14 heavy (non-hydrogen) atoms. The van der Waals surface area contributed by atoms with Crippen molar-refractivity contribution in [1.29, 1.82) is 0 Å². The molecule has 0 bridgehead atoms. The molecule has 5 heteroatoms. The molecule has 1 unspecified atom stereocenters. The van der Waals surface area contributed by atoms with E-state index >= 15 is 0 Å². The number of carbonyl (C=O) groups is 1.